The number of carbonyl (C=O) groups is 1. The molecule has 1 amide bonds. The van der Waals surface area contributed by atoms with Crippen LogP contribution in [0.4, 0.5) is 0 Å². The summed E-state index contributed by atoms with van der Waals surface area (Å²) in [5, 5.41) is 13.3. The van der Waals surface area contributed by atoms with E-state index in [4.69, 9.17) is 9.47 Å². The Bertz CT molecular complexity index is 1750. The highest BCUT2D eigenvalue weighted by molar-refractivity contribution is 7.89. The van der Waals surface area contributed by atoms with Crippen molar-refractivity contribution in [2.24, 2.45) is 0 Å². The number of pyridine rings is 1. The van der Waals surface area contributed by atoms with Gasteiger partial charge in [0.25, 0.3) is 5.91 Å². The lowest BCUT2D eigenvalue weighted by Gasteiger charge is -2.16. The number of aromatic amines is 1. The SMILES string of the molecule is COc1ccc([C@@H](C)NC(=O)/C(C#N)=C/c2c[nH]c3ncc(-c4cccc(S(=O)(=O)N(C)C)c4)cc23)cc1OC. The summed E-state index contributed by atoms with van der Waals surface area (Å²) >= 11 is 0. The van der Waals surface area contributed by atoms with E-state index in [2.05, 4.69) is 15.3 Å². The number of H-pyrrole nitrogens is 1. The van der Waals surface area contributed by atoms with Crippen molar-refractivity contribution in [1.29, 1.82) is 5.26 Å². The van der Waals surface area contributed by atoms with Gasteiger partial charge in [0.1, 0.15) is 17.3 Å². The highest BCUT2D eigenvalue weighted by Crippen LogP contribution is 2.31. The van der Waals surface area contributed by atoms with Crippen LogP contribution in [0.3, 0.4) is 0 Å². The van der Waals surface area contributed by atoms with E-state index in [0.717, 1.165) is 9.87 Å². The van der Waals surface area contributed by atoms with Gasteiger partial charge in [0.2, 0.25) is 10.0 Å². The van der Waals surface area contributed by atoms with Crippen LogP contribution in [0.15, 0.2) is 71.4 Å². The fourth-order valence-corrected chi connectivity index (χ4v) is 5.08. The molecule has 0 fully saturated rings. The molecule has 4 rings (SSSR count). The molecule has 0 saturated heterocycles. The zero-order valence-electron chi connectivity index (χ0n) is 22.7. The Morgan fingerprint density at radius 3 is 2.52 bits per heavy atom. The fourth-order valence-electron chi connectivity index (χ4n) is 4.13. The number of rotatable bonds is 9. The van der Waals surface area contributed by atoms with E-state index < -0.39 is 22.0 Å². The summed E-state index contributed by atoms with van der Waals surface area (Å²) in [6.45, 7) is 1.81. The Hall–Kier alpha value is -4.66. The number of sulfonamides is 1. The number of ether oxygens (including phenoxy) is 2. The molecule has 0 aliphatic heterocycles. The summed E-state index contributed by atoms with van der Waals surface area (Å²) in [6.07, 6.45) is 4.79. The molecule has 0 radical (unpaired) electrons. The first-order chi connectivity index (χ1) is 19.1. The van der Waals surface area contributed by atoms with Crippen LogP contribution < -0.4 is 14.8 Å². The van der Waals surface area contributed by atoms with Gasteiger partial charge < -0.3 is 19.8 Å². The molecule has 206 valence electrons. The van der Waals surface area contributed by atoms with Gasteiger partial charge >= 0.3 is 0 Å². The predicted molar refractivity (Wildman–Crippen MR) is 152 cm³/mol. The number of methoxy groups -OCH3 is 2. The number of hydrogen-bond acceptors (Lipinski definition) is 7. The minimum absolute atomic E-state index is 0.0855. The molecule has 2 aromatic heterocycles. The van der Waals surface area contributed by atoms with Crippen molar-refractivity contribution in [2.45, 2.75) is 17.9 Å². The third-order valence-electron chi connectivity index (χ3n) is 6.43. The molecule has 0 saturated carbocycles. The van der Waals surface area contributed by atoms with E-state index in [1.165, 1.54) is 33.3 Å². The van der Waals surface area contributed by atoms with Gasteiger partial charge in [-0.3, -0.25) is 4.79 Å². The molecule has 11 heteroatoms. The average molecular weight is 560 g/mol. The Morgan fingerprint density at radius 2 is 1.85 bits per heavy atom. The Morgan fingerprint density at radius 1 is 1.10 bits per heavy atom. The van der Waals surface area contributed by atoms with Gasteiger partial charge in [-0.1, -0.05) is 18.2 Å². The summed E-state index contributed by atoms with van der Waals surface area (Å²) in [7, 11) is 2.42. The number of benzene rings is 2. The standard InChI is InChI=1S/C29H29N5O5S/c1-18(19-9-10-26(38-4)27(14-19)39-5)33-29(35)21(15-30)11-23-17-32-28-25(23)13-22(16-31-28)20-7-6-8-24(12-20)40(36,37)34(2)3/h6-14,16-18H,1-5H3,(H,31,32)(H,33,35)/b21-11+/t18-/m1/s1. The smallest absolute Gasteiger partial charge is 0.262 e. The van der Waals surface area contributed by atoms with E-state index in [0.29, 0.717) is 39.2 Å². The normalized spacial score (nSPS) is 12.7. The first-order valence-corrected chi connectivity index (χ1v) is 13.7. The average Bonchev–Trinajstić information content (AvgIpc) is 3.37. The van der Waals surface area contributed by atoms with Crippen molar-refractivity contribution in [3.63, 3.8) is 0 Å². The maximum atomic E-state index is 13.0. The van der Waals surface area contributed by atoms with E-state index >= 15 is 0 Å². The van der Waals surface area contributed by atoms with Crippen molar-refractivity contribution >= 4 is 33.0 Å². The fraction of sp³-hybridized carbons (Fsp3) is 0.207. The lowest BCUT2D eigenvalue weighted by molar-refractivity contribution is -0.117. The number of amides is 1. The molecular formula is C29H29N5O5S. The molecule has 2 N–H and O–H groups in total. The molecule has 4 aromatic rings. The monoisotopic (exact) mass is 559 g/mol. The van der Waals surface area contributed by atoms with Crippen molar-refractivity contribution in [3.8, 4) is 28.7 Å². The van der Waals surface area contributed by atoms with Gasteiger partial charge in [0.15, 0.2) is 11.5 Å². The molecule has 0 aliphatic carbocycles. The minimum atomic E-state index is -3.61. The first-order valence-electron chi connectivity index (χ1n) is 12.2. The Kier molecular flexibility index (Phi) is 8.23. The quantitative estimate of drug-likeness (QED) is 0.231. The summed E-state index contributed by atoms with van der Waals surface area (Å²) in [5.74, 6) is 0.565. The second kappa shape index (κ2) is 11.6. The van der Waals surface area contributed by atoms with Crippen LogP contribution in [-0.2, 0) is 14.8 Å². The van der Waals surface area contributed by atoms with Crippen molar-refractivity contribution < 1.29 is 22.7 Å². The van der Waals surface area contributed by atoms with Crippen LogP contribution in [-0.4, -0.2) is 56.9 Å². The zero-order chi connectivity index (χ0) is 29.0. The van der Waals surface area contributed by atoms with E-state index in [1.807, 2.05) is 18.2 Å². The lowest BCUT2D eigenvalue weighted by atomic mass is 10.0. The van der Waals surface area contributed by atoms with Crippen LogP contribution in [0.25, 0.3) is 28.2 Å². The van der Waals surface area contributed by atoms with Crippen LogP contribution in [0.1, 0.15) is 24.1 Å². The molecular weight excluding hydrogens is 530 g/mol. The maximum Gasteiger partial charge on any atom is 0.262 e. The first kappa shape index (κ1) is 28.4. The van der Waals surface area contributed by atoms with Crippen LogP contribution in [0.5, 0.6) is 11.5 Å². The third kappa shape index (κ3) is 5.68. The number of nitrogens with one attached hydrogen (secondary N) is 2. The molecule has 2 heterocycles. The second-order valence-corrected chi connectivity index (χ2v) is 11.3. The molecule has 10 nitrogen and oxygen atoms in total. The van der Waals surface area contributed by atoms with Gasteiger partial charge in [-0.05, 0) is 54.5 Å². The number of fused-ring (bicyclic) bond motifs is 1. The van der Waals surface area contributed by atoms with E-state index in [1.54, 1.807) is 56.8 Å². The number of carbonyl (C=O) groups excluding carboxylic acids is 1. The van der Waals surface area contributed by atoms with Crippen molar-refractivity contribution in [3.05, 3.63) is 77.6 Å². The van der Waals surface area contributed by atoms with Gasteiger partial charge in [-0.25, -0.2) is 17.7 Å². The van der Waals surface area contributed by atoms with Crippen LogP contribution in [0.2, 0.25) is 0 Å². The molecule has 0 bridgehead atoms. The predicted octanol–water partition coefficient (Wildman–Crippen LogP) is 4.28. The van der Waals surface area contributed by atoms with E-state index in [9.17, 15) is 18.5 Å². The number of nitrogens with zero attached hydrogens (tertiary/aromatic N) is 3. The number of hydrogen-bond donors (Lipinski definition) is 2. The highest BCUT2D eigenvalue weighted by atomic mass is 32.2. The second-order valence-electron chi connectivity index (χ2n) is 9.16. The Labute approximate surface area is 232 Å². The molecule has 1 atom stereocenters. The zero-order valence-corrected chi connectivity index (χ0v) is 23.5. The summed E-state index contributed by atoms with van der Waals surface area (Å²) in [5.41, 5.74) is 3.19. The molecule has 0 aliphatic rings. The number of aromatic nitrogens is 2. The Balaban J connectivity index is 1.63. The highest BCUT2D eigenvalue weighted by Gasteiger charge is 2.19. The third-order valence-corrected chi connectivity index (χ3v) is 8.24. The van der Waals surface area contributed by atoms with Gasteiger partial charge in [-0.2, -0.15) is 5.26 Å². The lowest BCUT2D eigenvalue weighted by Crippen LogP contribution is -2.27. The molecule has 2 aromatic carbocycles. The maximum absolute atomic E-state index is 13.0. The van der Waals surface area contributed by atoms with Gasteiger partial charge in [0, 0.05) is 43.0 Å². The molecule has 0 unspecified atom stereocenters. The largest absolute Gasteiger partial charge is 0.493 e. The minimum Gasteiger partial charge on any atom is -0.493 e. The topological polar surface area (TPSA) is 137 Å². The molecule has 0 spiro atoms. The van der Waals surface area contributed by atoms with Crippen molar-refractivity contribution in [1.82, 2.24) is 19.6 Å². The summed E-state index contributed by atoms with van der Waals surface area (Å²) < 4.78 is 37.0. The van der Waals surface area contributed by atoms with Crippen LogP contribution in [0, 0.1) is 11.3 Å². The van der Waals surface area contributed by atoms with Gasteiger partial charge in [-0.15, -0.1) is 0 Å². The summed E-state index contributed by atoms with van der Waals surface area (Å²) in [4.78, 5) is 20.7. The van der Waals surface area contributed by atoms with Crippen molar-refractivity contribution in [2.75, 3.05) is 28.3 Å². The van der Waals surface area contributed by atoms with Crippen LogP contribution >= 0.6 is 0 Å². The van der Waals surface area contributed by atoms with Gasteiger partial charge in [0.05, 0.1) is 25.2 Å². The summed E-state index contributed by atoms with van der Waals surface area (Å²) in [6, 6.07) is 15.3. The number of nitriles is 1. The molecule has 40 heavy (non-hydrogen) atoms. The van der Waals surface area contributed by atoms with E-state index in [-0.39, 0.29) is 10.5 Å².